The van der Waals surface area contributed by atoms with Crippen LogP contribution in [-0.2, 0) is 4.74 Å². The average molecular weight is 166 g/mol. The smallest absolute Gasteiger partial charge is 0.0712 e. The van der Waals surface area contributed by atoms with Crippen LogP contribution in [0.25, 0.3) is 0 Å². The van der Waals surface area contributed by atoms with Crippen molar-refractivity contribution in [2.45, 2.75) is 45.6 Å². The van der Waals surface area contributed by atoms with Crippen molar-refractivity contribution >= 4 is 0 Å². The molecule has 0 aromatic heterocycles. The molecule has 1 aliphatic carbocycles. The van der Waals surface area contributed by atoms with E-state index in [4.69, 9.17) is 4.74 Å². The first-order valence-electron chi connectivity index (χ1n) is 4.92. The Kier molecular flexibility index (Phi) is 4.18. The fourth-order valence-electron chi connectivity index (χ4n) is 1.86. The number of rotatable bonds is 2. The monoisotopic (exact) mass is 166 g/mol. The molecule has 0 amide bonds. The fraction of sp³-hybridized carbons (Fsp3) is 0.818. The minimum absolute atomic E-state index is 0.413. The highest BCUT2D eigenvalue weighted by molar-refractivity contribution is 5.04. The summed E-state index contributed by atoms with van der Waals surface area (Å²) in [7, 11) is 0. The maximum Gasteiger partial charge on any atom is 0.0712 e. The number of hydrogen-bond donors (Lipinski definition) is 0. The summed E-state index contributed by atoms with van der Waals surface area (Å²) in [6.45, 7) is 4.80. The van der Waals surface area contributed by atoms with Gasteiger partial charge in [0.2, 0.25) is 0 Å². The molecular weight excluding hydrogens is 148 g/mol. The molecule has 1 rings (SSSR count). The van der Waals surface area contributed by atoms with Crippen molar-refractivity contribution in [1.29, 1.82) is 0 Å². The maximum absolute atomic E-state index is 5.65. The van der Waals surface area contributed by atoms with E-state index in [0.29, 0.717) is 12.0 Å². The van der Waals surface area contributed by atoms with Crippen LogP contribution in [0.1, 0.15) is 39.5 Å². The summed E-state index contributed by atoms with van der Waals surface area (Å²) in [5, 5.41) is 0. The van der Waals surface area contributed by atoms with Gasteiger partial charge in [-0.15, -0.1) is 5.92 Å². The quantitative estimate of drug-likeness (QED) is 0.573. The summed E-state index contributed by atoms with van der Waals surface area (Å²) in [5.74, 6) is 6.74. The topological polar surface area (TPSA) is 9.23 Å². The van der Waals surface area contributed by atoms with E-state index in [9.17, 15) is 0 Å². The van der Waals surface area contributed by atoms with Crippen molar-refractivity contribution in [1.82, 2.24) is 0 Å². The molecule has 68 valence electrons. The Hall–Kier alpha value is -0.480. The van der Waals surface area contributed by atoms with E-state index in [-0.39, 0.29) is 0 Å². The van der Waals surface area contributed by atoms with Gasteiger partial charge in [-0.2, -0.15) is 0 Å². The Labute approximate surface area is 75.5 Å². The minimum Gasteiger partial charge on any atom is -0.377 e. The molecule has 0 N–H and O–H groups in total. The van der Waals surface area contributed by atoms with Gasteiger partial charge in [-0.1, -0.05) is 18.8 Å². The lowest BCUT2D eigenvalue weighted by atomic mass is 9.87. The summed E-state index contributed by atoms with van der Waals surface area (Å²) >= 11 is 0. The normalized spacial score (nSPS) is 29.2. The van der Waals surface area contributed by atoms with Crippen LogP contribution in [0.5, 0.6) is 0 Å². The Morgan fingerprint density at radius 1 is 1.33 bits per heavy atom. The van der Waals surface area contributed by atoms with E-state index in [2.05, 4.69) is 18.8 Å². The third kappa shape index (κ3) is 2.53. The molecule has 0 radical (unpaired) electrons. The zero-order chi connectivity index (χ0) is 8.81. The maximum atomic E-state index is 5.65. The highest BCUT2D eigenvalue weighted by Crippen LogP contribution is 2.26. The predicted molar refractivity (Wildman–Crippen MR) is 50.8 cm³/mol. The molecule has 0 aromatic rings. The molecular formula is C11H18O. The third-order valence-electron chi connectivity index (χ3n) is 2.41. The Morgan fingerprint density at radius 3 is 2.75 bits per heavy atom. The van der Waals surface area contributed by atoms with Crippen LogP contribution in [0.3, 0.4) is 0 Å². The van der Waals surface area contributed by atoms with E-state index in [1.807, 2.05) is 6.92 Å². The molecule has 1 fully saturated rings. The summed E-state index contributed by atoms with van der Waals surface area (Å²) in [6, 6.07) is 0. The predicted octanol–water partition coefficient (Wildman–Crippen LogP) is 2.61. The minimum atomic E-state index is 0.413. The molecule has 12 heavy (non-hydrogen) atoms. The van der Waals surface area contributed by atoms with Crippen molar-refractivity contribution in [3.05, 3.63) is 0 Å². The van der Waals surface area contributed by atoms with Gasteiger partial charge in [0.25, 0.3) is 0 Å². The zero-order valence-electron chi connectivity index (χ0n) is 8.10. The summed E-state index contributed by atoms with van der Waals surface area (Å²) in [5.41, 5.74) is 0. The Bertz CT molecular complexity index is 173. The van der Waals surface area contributed by atoms with Gasteiger partial charge in [-0.25, -0.2) is 0 Å². The molecule has 1 nitrogen and oxygen atoms in total. The van der Waals surface area contributed by atoms with Crippen molar-refractivity contribution < 1.29 is 4.74 Å². The lowest BCUT2D eigenvalue weighted by Gasteiger charge is -2.27. The van der Waals surface area contributed by atoms with Gasteiger partial charge >= 0.3 is 0 Å². The van der Waals surface area contributed by atoms with Gasteiger partial charge in [-0.3, -0.25) is 0 Å². The third-order valence-corrected chi connectivity index (χ3v) is 2.41. The SMILES string of the molecule is CC#C[C@H]1CCCC[C@H]1OCC. The van der Waals surface area contributed by atoms with Crippen molar-refractivity contribution in [3.8, 4) is 11.8 Å². The summed E-state index contributed by atoms with van der Waals surface area (Å²) in [6.07, 6.45) is 5.48. The van der Waals surface area contributed by atoms with Crippen LogP contribution in [0.15, 0.2) is 0 Å². The van der Waals surface area contributed by atoms with Crippen molar-refractivity contribution in [2.24, 2.45) is 5.92 Å². The highest BCUT2D eigenvalue weighted by atomic mass is 16.5. The molecule has 0 aromatic carbocycles. The molecule has 1 heteroatoms. The van der Waals surface area contributed by atoms with Crippen LogP contribution >= 0.6 is 0 Å². The standard InChI is InChI=1S/C11H18O/c1-3-7-10-8-5-6-9-11(10)12-4-2/h10-11H,4-6,8-9H2,1-2H3/t10-,11+/m0/s1. The van der Waals surface area contributed by atoms with Crippen LogP contribution in [0, 0.1) is 17.8 Å². The van der Waals surface area contributed by atoms with E-state index in [1.165, 1.54) is 25.7 Å². The van der Waals surface area contributed by atoms with E-state index < -0.39 is 0 Å². The average Bonchev–Trinajstić information content (AvgIpc) is 2.09. The molecule has 0 unspecified atom stereocenters. The van der Waals surface area contributed by atoms with E-state index in [1.54, 1.807) is 0 Å². The van der Waals surface area contributed by atoms with Crippen molar-refractivity contribution in [2.75, 3.05) is 6.61 Å². The van der Waals surface area contributed by atoms with Crippen LogP contribution in [0.4, 0.5) is 0 Å². The summed E-state index contributed by atoms with van der Waals surface area (Å²) < 4.78 is 5.65. The second-order valence-corrected chi connectivity index (χ2v) is 3.28. The van der Waals surface area contributed by atoms with Crippen LogP contribution in [0.2, 0.25) is 0 Å². The second kappa shape index (κ2) is 5.22. The lowest BCUT2D eigenvalue weighted by molar-refractivity contribution is 0.0140. The molecule has 1 saturated carbocycles. The van der Waals surface area contributed by atoms with Gasteiger partial charge in [0.1, 0.15) is 0 Å². The molecule has 2 atom stereocenters. The molecule has 0 bridgehead atoms. The first-order chi connectivity index (χ1) is 5.88. The number of ether oxygens (including phenoxy) is 1. The molecule has 1 aliphatic rings. The van der Waals surface area contributed by atoms with Crippen LogP contribution < -0.4 is 0 Å². The first-order valence-corrected chi connectivity index (χ1v) is 4.92. The zero-order valence-corrected chi connectivity index (χ0v) is 8.10. The molecule has 0 spiro atoms. The van der Waals surface area contributed by atoms with Gasteiger partial charge in [0.05, 0.1) is 6.10 Å². The van der Waals surface area contributed by atoms with Gasteiger partial charge in [0, 0.05) is 12.5 Å². The molecule has 0 aliphatic heterocycles. The highest BCUT2D eigenvalue weighted by Gasteiger charge is 2.23. The molecule has 0 heterocycles. The first kappa shape index (κ1) is 9.61. The lowest BCUT2D eigenvalue weighted by Crippen LogP contribution is -2.26. The number of hydrogen-bond acceptors (Lipinski definition) is 1. The van der Waals surface area contributed by atoms with Crippen LogP contribution in [-0.4, -0.2) is 12.7 Å². The Morgan fingerprint density at radius 2 is 2.08 bits per heavy atom. The summed E-state index contributed by atoms with van der Waals surface area (Å²) in [4.78, 5) is 0. The van der Waals surface area contributed by atoms with Gasteiger partial charge < -0.3 is 4.74 Å². The Balaban J connectivity index is 2.46. The second-order valence-electron chi connectivity index (χ2n) is 3.28. The van der Waals surface area contributed by atoms with E-state index >= 15 is 0 Å². The fourth-order valence-corrected chi connectivity index (χ4v) is 1.86. The molecule has 0 saturated heterocycles. The van der Waals surface area contributed by atoms with Gasteiger partial charge in [-0.05, 0) is 26.7 Å². The largest absolute Gasteiger partial charge is 0.377 e. The van der Waals surface area contributed by atoms with Gasteiger partial charge in [0.15, 0.2) is 0 Å². The van der Waals surface area contributed by atoms with E-state index in [0.717, 1.165) is 6.61 Å². The van der Waals surface area contributed by atoms with Crippen molar-refractivity contribution in [3.63, 3.8) is 0 Å².